The summed E-state index contributed by atoms with van der Waals surface area (Å²) in [5.74, 6) is 1.82. The first kappa shape index (κ1) is 20.2. The van der Waals surface area contributed by atoms with Crippen molar-refractivity contribution >= 4 is 32.6 Å². The van der Waals surface area contributed by atoms with Crippen molar-refractivity contribution in [2.24, 2.45) is 0 Å². The number of rotatable bonds is 2. The molecule has 0 amide bonds. The molecule has 3 nitrogen and oxygen atoms in total. The van der Waals surface area contributed by atoms with Crippen LogP contribution in [0.2, 0.25) is 0 Å². The number of hydrogen-bond donors (Lipinski definition) is 0. The highest BCUT2D eigenvalue weighted by Gasteiger charge is 2.21. The molecule has 0 saturated carbocycles. The molecule has 0 bridgehead atoms. The van der Waals surface area contributed by atoms with Gasteiger partial charge in [0.2, 0.25) is 0 Å². The zero-order valence-corrected chi connectivity index (χ0v) is 19.8. The van der Waals surface area contributed by atoms with Crippen LogP contribution in [0.5, 0.6) is 11.5 Å². The van der Waals surface area contributed by atoms with Crippen molar-refractivity contribution in [2.75, 3.05) is 0 Å². The Bertz CT molecular complexity index is 2010. The fourth-order valence-corrected chi connectivity index (χ4v) is 5.54. The van der Waals surface area contributed by atoms with Crippen LogP contribution in [0.4, 0.5) is 0 Å². The van der Waals surface area contributed by atoms with E-state index < -0.39 is 0 Å². The van der Waals surface area contributed by atoms with Gasteiger partial charge in [0.15, 0.2) is 0 Å². The molecule has 0 unspecified atom stereocenters. The first-order valence-corrected chi connectivity index (χ1v) is 12.4. The Morgan fingerprint density at radius 3 is 2.19 bits per heavy atom. The number of aromatic nitrogens is 2. The zero-order chi connectivity index (χ0) is 24.3. The number of hydrogen-bond acceptors (Lipinski definition) is 3. The number of ether oxygens (including phenoxy) is 1. The number of fused-ring (bicyclic) bond motifs is 5. The molecule has 3 heterocycles. The van der Waals surface area contributed by atoms with E-state index in [9.17, 15) is 0 Å². The molecular weight excluding hydrogens is 452 g/mol. The average Bonchev–Trinajstić information content (AvgIpc) is 2.97. The van der Waals surface area contributed by atoms with Crippen molar-refractivity contribution < 1.29 is 4.74 Å². The summed E-state index contributed by atoms with van der Waals surface area (Å²) < 4.78 is 6.27. The van der Waals surface area contributed by atoms with Gasteiger partial charge < -0.3 is 4.74 Å². The van der Waals surface area contributed by atoms with Crippen LogP contribution in [-0.2, 0) is 0 Å². The maximum absolute atomic E-state index is 6.27. The van der Waals surface area contributed by atoms with Crippen molar-refractivity contribution in [2.45, 2.75) is 0 Å². The van der Waals surface area contributed by atoms with Crippen molar-refractivity contribution in [3.8, 4) is 45.0 Å². The molecule has 0 spiro atoms. The summed E-state index contributed by atoms with van der Waals surface area (Å²) in [5.41, 5.74) is 8.61. The maximum Gasteiger partial charge on any atom is 0.135 e. The van der Waals surface area contributed by atoms with Gasteiger partial charge >= 0.3 is 0 Å². The first-order valence-electron chi connectivity index (χ1n) is 12.4. The number of nitrogens with zero attached hydrogens (tertiary/aromatic N) is 2. The third-order valence-corrected chi connectivity index (χ3v) is 7.32. The Hall–Kier alpha value is -5.02. The van der Waals surface area contributed by atoms with Gasteiger partial charge in [-0.3, -0.25) is 4.98 Å². The summed E-state index contributed by atoms with van der Waals surface area (Å²) in [4.78, 5) is 9.60. The van der Waals surface area contributed by atoms with Crippen molar-refractivity contribution in [3.05, 3.63) is 121 Å². The first-order chi connectivity index (χ1) is 18.3. The average molecular weight is 473 g/mol. The van der Waals surface area contributed by atoms with Crippen LogP contribution in [0.1, 0.15) is 0 Å². The molecule has 7 aromatic rings. The molecule has 0 aliphatic carbocycles. The van der Waals surface area contributed by atoms with E-state index in [1.54, 1.807) is 0 Å². The molecule has 0 saturated heterocycles. The summed E-state index contributed by atoms with van der Waals surface area (Å²) in [6.07, 6.45) is 1.83. The summed E-state index contributed by atoms with van der Waals surface area (Å²) >= 11 is 0. The fourth-order valence-electron chi connectivity index (χ4n) is 5.54. The highest BCUT2D eigenvalue weighted by Crippen LogP contribution is 2.48. The lowest BCUT2D eigenvalue weighted by molar-refractivity contribution is 0.487. The molecule has 3 heteroatoms. The number of benzene rings is 5. The van der Waals surface area contributed by atoms with Crippen molar-refractivity contribution in [1.82, 2.24) is 9.97 Å². The Kier molecular flexibility index (Phi) is 4.23. The maximum atomic E-state index is 6.27. The molecule has 1 aliphatic rings. The normalized spacial score (nSPS) is 12.0. The quantitative estimate of drug-likeness (QED) is 0.235. The van der Waals surface area contributed by atoms with Crippen LogP contribution in [-0.4, -0.2) is 9.97 Å². The molecule has 8 rings (SSSR count). The van der Waals surface area contributed by atoms with E-state index in [1.165, 1.54) is 27.5 Å². The Balaban J connectivity index is 1.24. The SMILES string of the molecule is c1ccc2c(c1)Oc1ccc(-c3ccc(-c4ccc5ccc6cccnc6c5n4)cc3)c3cccc-2c13. The van der Waals surface area contributed by atoms with Crippen LogP contribution in [0.25, 0.3) is 66.1 Å². The van der Waals surface area contributed by atoms with Crippen molar-refractivity contribution in [3.63, 3.8) is 0 Å². The van der Waals surface area contributed by atoms with E-state index in [4.69, 9.17) is 9.72 Å². The van der Waals surface area contributed by atoms with Crippen LogP contribution in [0, 0.1) is 0 Å². The third-order valence-electron chi connectivity index (χ3n) is 7.32. The van der Waals surface area contributed by atoms with Gasteiger partial charge in [-0.1, -0.05) is 91.0 Å². The monoisotopic (exact) mass is 472 g/mol. The molecule has 37 heavy (non-hydrogen) atoms. The number of para-hydroxylation sites is 1. The Morgan fingerprint density at radius 2 is 1.27 bits per heavy atom. The lowest BCUT2D eigenvalue weighted by atomic mass is 9.90. The molecule has 0 atom stereocenters. The van der Waals surface area contributed by atoms with Gasteiger partial charge in [0.1, 0.15) is 11.5 Å². The predicted octanol–water partition coefficient (Wildman–Crippen LogP) is 9.04. The van der Waals surface area contributed by atoms with Crippen LogP contribution in [0.3, 0.4) is 0 Å². The van der Waals surface area contributed by atoms with E-state index in [-0.39, 0.29) is 0 Å². The summed E-state index contributed by atoms with van der Waals surface area (Å²) in [6.45, 7) is 0. The van der Waals surface area contributed by atoms with Gasteiger partial charge in [-0.25, -0.2) is 4.98 Å². The van der Waals surface area contributed by atoms with E-state index in [0.29, 0.717) is 0 Å². The summed E-state index contributed by atoms with van der Waals surface area (Å²) in [7, 11) is 0. The zero-order valence-electron chi connectivity index (χ0n) is 19.8. The molecule has 0 fully saturated rings. The second-order valence-electron chi connectivity index (χ2n) is 9.42. The van der Waals surface area contributed by atoms with Gasteiger partial charge in [-0.05, 0) is 46.3 Å². The van der Waals surface area contributed by atoms with Gasteiger partial charge in [0, 0.05) is 33.5 Å². The van der Waals surface area contributed by atoms with Gasteiger partial charge in [0.05, 0.1) is 16.7 Å². The minimum Gasteiger partial charge on any atom is -0.456 e. The second-order valence-corrected chi connectivity index (χ2v) is 9.42. The topological polar surface area (TPSA) is 35.0 Å². The number of pyridine rings is 2. The molecule has 0 radical (unpaired) electrons. The molecule has 0 N–H and O–H groups in total. The van der Waals surface area contributed by atoms with E-state index in [1.807, 2.05) is 24.4 Å². The highest BCUT2D eigenvalue weighted by molar-refractivity contribution is 6.10. The molecule has 1 aliphatic heterocycles. The standard InChI is InChI=1S/C34H20N2O/c1-2-9-30-26(6-1)28-8-3-7-27-25(17-19-31(37-30)32(27)28)21-10-12-22(13-11-21)29-18-16-24-15-14-23-5-4-20-35-33(23)34(24)36-29/h1-20H. The van der Waals surface area contributed by atoms with E-state index in [0.717, 1.165) is 50.1 Å². The Morgan fingerprint density at radius 1 is 0.486 bits per heavy atom. The third kappa shape index (κ3) is 3.08. The van der Waals surface area contributed by atoms with Crippen LogP contribution < -0.4 is 4.74 Å². The van der Waals surface area contributed by atoms with Crippen molar-refractivity contribution in [1.29, 1.82) is 0 Å². The minimum absolute atomic E-state index is 0.908. The lowest BCUT2D eigenvalue weighted by Crippen LogP contribution is -1.97. The summed E-state index contributed by atoms with van der Waals surface area (Å²) in [6, 6.07) is 40.2. The molecule has 172 valence electrons. The van der Waals surface area contributed by atoms with Crippen LogP contribution >= 0.6 is 0 Å². The van der Waals surface area contributed by atoms with E-state index in [2.05, 4.69) is 102 Å². The second kappa shape index (κ2) is 7.74. The van der Waals surface area contributed by atoms with E-state index >= 15 is 0 Å². The van der Waals surface area contributed by atoms with Gasteiger partial charge in [-0.2, -0.15) is 0 Å². The predicted molar refractivity (Wildman–Crippen MR) is 151 cm³/mol. The molecular formula is C34H20N2O. The van der Waals surface area contributed by atoms with Gasteiger partial charge in [0.25, 0.3) is 0 Å². The smallest absolute Gasteiger partial charge is 0.135 e. The lowest BCUT2D eigenvalue weighted by Gasteiger charge is -2.22. The fraction of sp³-hybridized carbons (Fsp3) is 0. The molecule has 5 aromatic carbocycles. The largest absolute Gasteiger partial charge is 0.456 e. The van der Waals surface area contributed by atoms with Crippen LogP contribution in [0.15, 0.2) is 121 Å². The minimum atomic E-state index is 0.908. The van der Waals surface area contributed by atoms with Gasteiger partial charge in [-0.15, -0.1) is 0 Å². The Labute approximate surface area is 213 Å². The highest BCUT2D eigenvalue weighted by atomic mass is 16.5. The molecule has 2 aromatic heterocycles. The summed E-state index contributed by atoms with van der Waals surface area (Å²) in [5, 5.41) is 4.56.